The number of fused-ring (bicyclic) bond motifs is 21. The molecule has 0 amide bonds. The lowest BCUT2D eigenvalue weighted by molar-refractivity contribution is 1.15. The van der Waals surface area contributed by atoms with Crippen molar-refractivity contribution in [2.24, 2.45) is 0 Å². The van der Waals surface area contributed by atoms with Gasteiger partial charge < -0.3 is 18.3 Å². The minimum atomic E-state index is -0.0186. The lowest BCUT2D eigenvalue weighted by Gasteiger charge is -2.35. The first-order valence-electron chi connectivity index (χ1n) is 32.5. The van der Waals surface area contributed by atoms with Gasteiger partial charge >= 0.3 is 0 Å². The highest BCUT2D eigenvalue weighted by Crippen LogP contribution is 2.40. The van der Waals surface area contributed by atoms with Crippen molar-refractivity contribution < 1.29 is 0 Å². The van der Waals surface area contributed by atoms with Gasteiger partial charge in [0.25, 0.3) is 0 Å². The number of benzene rings is 14. The van der Waals surface area contributed by atoms with E-state index in [2.05, 4.69) is 322 Å². The molecule has 4 aromatic heterocycles. The van der Waals surface area contributed by atoms with E-state index >= 15 is 0 Å². The van der Waals surface area contributed by atoms with Crippen molar-refractivity contribution in [1.29, 1.82) is 0 Å². The molecule has 8 heterocycles. The highest BCUT2D eigenvalue weighted by atomic mass is 15.0. The molecular formula is C84H50B4N4. The van der Waals surface area contributed by atoms with Gasteiger partial charge in [0.15, 0.2) is 0 Å². The Hall–Kier alpha value is -11.5. The number of para-hydroxylation sites is 8. The van der Waals surface area contributed by atoms with Gasteiger partial charge in [0, 0.05) is 87.9 Å². The third-order valence-electron chi connectivity index (χ3n) is 21.8. The van der Waals surface area contributed by atoms with E-state index in [0.717, 1.165) is 0 Å². The lowest BCUT2D eigenvalue weighted by Crippen LogP contribution is -2.62. The van der Waals surface area contributed by atoms with Crippen LogP contribution in [-0.2, 0) is 0 Å². The van der Waals surface area contributed by atoms with Crippen LogP contribution in [0.3, 0.4) is 0 Å². The molecule has 0 N–H and O–H groups in total. The molecule has 0 spiro atoms. The molecule has 418 valence electrons. The molecule has 0 saturated heterocycles. The van der Waals surface area contributed by atoms with Gasteiger partial charge in [0.05, 0.1) is 22.1 Å². The van der Waals surface area contributed by atoms with Crippen LogP contribution >= 0.6 is 0 Å². The van der Waals surface area contributed by atoms with Crippen LogP contribution in [-0.4, -0.2) is 45.1 Å². The normalized spacial score (nSPS) is 13.3. The van der Waals surface area contributed by atoms with Gasteiger partial charge in [-0.15, -0.1) is 0 Å². The molecule has 92 heavy (non-hydrogen) atoms. The molecule has 14 aromatic carbocycles. The summed E-state index contributed by atoms with van der Waals surface area (Å²) >= 11 is 0. The molecule has 4 nitrogen and oxygen atoms in total. The van der Waals surface area contributed by atoms with Crippen molar-refractivity contribution in [2.45, 2.75) is 0 Å². The monoisotopic (exact) mass is 1160 g/mol. The zero-order valence-electron chi connectivity index (χ0n) is 50.0. The molecule has 0 unspecified atom stereocenters. The summed E-state index contributed by atoms with van der Waals surface area (Å²) in [5.74, 6) is 0. The number of rotatable bonds is 5. The van der Waals surface area contributed by atoms with E-state index in [4.69, 9.17) is 0 Å². The van der Waals surface area contributed by atoms with Crippen LogP contribution < -0.4 is 65.6 Å². The van der Waals surface area contributed by atoms with Crippen LogP contribution in [0.4, 0.5) is 0 Å². The maximum Gasteiger partial charge on any atom is 0.249 e. The molecule has 0 fully saturated rings. The second-order valence-corrected chi connectivity index (χ2v) is 26.1. The maximum absolute atomic E-state index is 2.65. The van der Waals surface area contributed by atoms with Gasteiger partial charge in [-0.05, 0) is 91.2 Å². The fourth-order valence-electron chi connectivity index (χ4n) is 18.2. The zero-order valence-corrected chi connectivity index (χ0v) is 50.0. The van der Waals surface area contributed by atoms with Gasteiger partial charge in [-0.2, -0.15) is 0 Å². The van der Waals surface area contributed by atoms with Crippen molar-refractivity contribution in [3.05, 3.63) is 303 Å². The molecule has 22 rings (SSSR count). The van der Waals surface area contributed by atoms with Crippen molar-refractivity contribution in [3.8, 4) is 33.9 Å². The van der Waals surface area contributed by atoms with Crippen molar-refractivity contribution in [1.82, 2.24) is 18.3 Å². The smallest absolute Gasteiger partial charge is 0.249 e. The van der Waals surface area contributed by atoms with Crippen LogP contribution in [0, 0.1) is 0 Å². The molecule has 4 aliphatic rings. The summed E-state index contributed by atoms with van der Waals surface area (Å²) < 4.78 is 10.4. The van der Waals surface area contributed by atoms with Crippen LogP contribution in [0.1, 0.15) is 0 Å². The van der Waals surface area contributed by atoms with E-state index in [9.17, 15) is 0 Å². The van der Waals surface area contributed by atoms with Gasteiger partial charge in [0.1, 0.15) is 0 Å². The van der Waals surface area contributed by atoms with Crippen LogP contribution in [0.25, 0.3) is 121 Å². The topological polar surface area (TPSA) is 19.7 Å². The van der Waals surface area contributed by atoms with E-state index in [1.807, 2.05) is 0 Å². The first-order chi connectivity index (χ1) is 45.7. The fraction of sp³-hybridized carbons (Fsp3) is 0. The molecule has 0 aliphatic carbocycles. The maximum atomic E-state index is 2.65. The molecular weight excluding hydrogens is 1110 g/mol. The Morgan fingerprint density at radius 2 is 0.522 bits per heavy atom. The molecule has 0 atom stereocenters. The summed E-state index contributed by atoms with van der Waals surface area (Å²) in [6, 6.07) is 116. The van der Waals surface area contributed by atoms with E-state index in [1.165, 1.54) is 187 Å². The molecule has 4 aliphatic heterocycles. The summed E-state index contributed by atoms with van der Waals surface area (Å²) in [6.45, 7) is 0.00205. The Labute approximate surface area is 531 Å². The molecule has 8 heteroatoms. The Bertz CT molecular complexity index is 6150. The Morgan fingerprint density at radius 3 is 0.957 bits per heavy atom. The third kappa shape index (κ3) is 6.31. The highest BCUT2D eigenvalue weighted by Gasteiger charge is 2.43. The predicted octanol–water partition coefficient (Wildman–Crippen LogP) is 11.1. The molecule has 0 radical (unpaired) electrons. The fourth-order valence-corrected chi connectivity index (χ4v) is 18.2. The first kappa shape index (κ1) is 49.4. The standard InChI is InChI=1S/C84H50B4N4/c1-3-19-53(20-4-1)86-65-31-15-27-61-58-24-8-12-36-73(58)90(80(61)65)77-50-78-71(49-70(77)86)87(66-32-16-28-62-59-25-9-13-37-74(59)91(78)81(62)66)56-45-41-52(42-46-56)51-39-43-55(44-40-51)85-67-33-17-30-64-60-26-10-14-38-75(60)92(83(64)67)84-69(85)47-48-76-79(84)88(54-21-5-2-6-22-54)68-34-18-29-63-57-23-7-11-35-72(57)89(76)82(63)68/h1-50H. The summed E-state index contributed by atoms with van der Waals surface area (Å²) in [4.78, 5) is 0. The summed E-state index contributed by atoms with van der Waals surface area (Å²) in [7, 11) is 0. The second-order valence-electron chi connectivity index (χ2n) is 26.1. The van der Waals surface area contributed by atoms with Gasteiger partial charge in [-0.25, -0.2) is 0 Å². The molecule has 0 bridgehead atoms. The SMILES string of the molecule is c1ccc(B2c3cc4c(cc3-n3c5ccccc5c5cccc2c53)-n2c3ccccc3c3cccc(c32)B4c2ccc(-c3ccc(B4c5ccc6c(c5-n5c7ccccc7c7cccc4c75)B(c4ccccc4)c4cccc5c7ccccc7n-6c45)cc3)cc2)cc1. The van der Waals surface area contributed by atoms with Crippen molar-refractivity contribution >= 4 is 180 Å². The number of hydrogen-bond acceptors (Lipinski definition) is 0. The second kappa shape index (κ2) is 18.1. The number of nitrogens with zero attached hydrogens (tertiary/aromatic N) is 4. The van der Waals surface area contributed by atoms with Crippen LogP contribution in [0.15, 0.2) is 303 Å². The molecule has 18 aromatic rings. The first-order valence-corrected chi connectivity index (χ1v) is 32.5. The number of hydrogen-bond donors (Lipinski definition) is 0. The minimum Gasteiger partial charge on any atom is -0.311 e. The minimum absolute atomic E-state index is 0.00466. The average Bonchev–Trinajstić information content (AvgIpc) is 1.47. The predicted molar refractivity (Wildman–Crippen MR) is 394 cm³/mol. The average molecular weight is 1160 g/mol. The van der Waals surface area contributed by atoms with Crippen molar-refractivity contribution in [2.75, 3.05) is 0 Å². The van der Waals surface area contributed by atoms with Gasteiger partial charge in [0.2, 0.25) is 26.9 Å². The van der Waals surface area contributed by atoms with E-state index in [1.54, 1.807) is 0 Å². The van der Waals surface area contributed by atoms with Gasteiger partial charge in [-0.1, -0.05) is 289 Å². The Kier molecular flexibility index (Phi) is 9.74. The van der Waals surface area contributed by atoms with Crippen LogP contribution in [0.2, 0.25) is 0 Å². The summed E-state index contributed by atoms with van der Waals surface area (Å²) in [5, 5.41) is 10.3. The summed E-state index contributed by atoms with van der Waals surface area (Å²) in [5.41, 5.74) is 33.5. The summed E-state index contributed by atoms with van der Waals surface area (Å²) in [6.07, 6.45) is 0. The van der Waals surface area contributed by atoms with E-state index in [-0.39, 0.29) is 26.9 Å². The quantitative estimate of drug-likeness (QED) is 0.153. The molecule has 0 saturated carbocycles. The van der Waals surface area contributed by atoms with Gasteiger partial charge in [-0.3, -0.25) is 0 Å². The number of aromatic nitrogens is 4. The van der Waals surface area contributed by atoms with E-state index in [0.29, 0.717) is 0 Å². The zero-order chi connectivity index (χ0) is 59.6. The lowest BCUT2D eigenvalue weighted by atomic mass is 9.31. The Morgan fingerprint density at radius 1 is 0.196 bits per heavy atom. The largest absolute Gasteiger partial charge is 0.311 e. The van der Waals surface area contributed by atoms with Crippen molar-refractivity contribution in [3.63, 3.8) is 0 Å². The van der Waals surface area contributed by atoms with E-state index < -0.39 is 0 Å². The third-order valence-corrected chi connectivity index (χ3v) is 21.8. The van der Waals surface area contributed by atoms with Crippen LogP contribution in [0.5, 0.6) is 0 Å². The Balaban J connectivity index is 0.713. The highest BCUT2D eigenvalue weighted by molar-refractivity contribution is 7.02.